The van der Waals surface area contributed by atoms with E-state index < -0.39 is 0 Å². The summed E-state index contributed by atoms with van der Waals surface area (Å²) in [7, 11) is 0. The molecular formula is C18H19ClN6. The van der Waals surface area contributed by atoms with Gasteiger partial charge in [0.05, 0.1) is 18.4 Å². The van der Waals surface area contributed by atoms with E-state index in [4.69, 9.17) is 16.9 Å². The predicted octanol–water partition coefficient (Wildman–Crippen LogP) is 4.01. The number of nitriles is 1. The van der Waals surface area contributed by atoms with Gasteiger partial charge >= 0.3 is 0 Å². The van der Waals surface area contributed by atoms with Crippen LogP contribution in [-0.2, 0) is 13.1 Å². The van der Waals surface area contributed by atoms with Crippen LogP contribution in [0.2, 0.25) is 5.15 Å². The van der Waals surface area contributed by atoms with Crippen molar-refractivity contribution in [3.63, 3.8) is 0 Å². The van der Waals surface area contributed by atoms with E-state index in [-0.39, 0.29) is 11.2 Å². The Kier molecular flexibility index (Phi) is 4.60. The molecule has 128 valence electrons. The van der Waals surface area contributed by atoms with Gasteiger partial charge in [-0.15, -0.1) is 0 Å². The Morgan fingerprint density at radius 1 is 1.24 bits per heavy atom. The van der Waals surface area contributed by atoms with Crippen molar-refractivity contribution in [3.8, 4) is 6.07 Å². The van der Waals surface area contributed by atoms with Crippen LogP contribution in [0.3, 0.4) is 0 Å². The first-order valence-electron chi connectivity index (χ1n) is 7.96. The molecule has 3 aromatic heterocycles. The van der Waals surface area contributed by atoms with Crippen molar-refractivity contribution >= 4 is 28.3 Å². The lowest BCUT2D eigenvalue weighted by Gasteiger charge is -2.22. The smallest absolute Gasteiger partial charge is 0.234 e. The van der Waals surface area contributed by atoms with Gasteiger partial charge in [0.2, 0.25) is 5.82 Å². The number of nitrogens with one attached hydrogen (secondary N) is 1. The second-order valence-electron chi connectivity index (χ2n) is 7.09. The zero-order valence-corrected chi connectivity index (χ0v) is 15.2. The summed E-state index contributed by atoms with van der Waals surface area (Å²) < 4.78 is 2.15. The molecule has 0 bridgehead atoms. The Morgan fingerprint density at radius 2 is 2.04 bits per heavy atom. The maximum absolute atomic E-state index is 9.09. The average molecular weight is 355 g/mol. The van der Waals surface area contributed by atoms with Crippen LogP contribution < -0.4 is 5.32 Å². The zero-order chi connectivity index (χ0) is 18.0. The third kappa shape index (κ3) is 4.06. The number of nitrogens with zero attached hydrogens (tertiary/aromatic N) is 5. The van der Waals surface area contributed by atoms with Gasteiger partial charge in [0.15, 0.2) is 0 Å². The fraction of sp³-hybridized carbons (Fsp3) is 0.333. The molecule has 0 spiro atoms. The Bertz CT molecular complexity index is 931. The number of rotatable bonds is 4. The summed E-state index contributed by atoms with van der Waals surface area (Å²) in [6.45, 7) is 7.91. The van der Waals surface area contributed by atoms with Crippen LogP contribution in [0.1, 0.15) is 32.3 Å². The minimum absolute atomic E-state index is 0.0697. The number of hydrogen-bond donors (Lipinski definition) is 1. The molecule has 1 N–H and O–H groups in total. The topological polar surface area (TPSA) is 79.4 Å². The highest BCUT2D eigenvalue weighted by atomic mass is 35.5. The van der Waals surface area contributed by atoms with E-state index in [2.05, 4.69) is 51.7 Å². The molecule has 25 heavy (non-hydrogen) atoms. The predicted molar refractivity (Wildman–Crippen MR) is 98.3 cm³/mol. The zero-order valence-electron chi connectivity index (χ0n) is 14.4. The SMILES string of the molecule is CC(C)(C)Cn1c(CNc2ccc(Cl)nc2)cc2cnc(C#N)nc21. The number of hydrogen-bond acceptors (Lipinski definition) is 5. The van der Waals surface area contributed by atoms with E-state index in [1.54, 1.807) is 18.5 Å². The maximum Gasteiger partial charge on any atom is 0.234 e. The first-order chi connectivity index (χ1) is 11.9. The van der Waals surface area contributed by atoms with Crippen molar-refractivity contribution in [1.29, 1.82) is 5.26 Å². The first-order valence-corrected chi connectivity index (χ1v) is 8.34. The van der Waals surface area contributed by atoms with E-state index >= 15 is 0 Å². The maximum atomic E-state index is 9.09. The van der Waals surface area contributed by atoms with Crippen LogP contribution >= 0.6 is 11.6 Å². The summed E-state index contributed by atoms with van der Waals surface area (Å²) in [5.41, 5.74) is 2.82. The molecule has 7 heteroatoms. The fourth-order valence-electron chi connectivity index (χ4n) is 2.62. The molecule has 0 atom stereocenters. The molecule has 0 aromatic carbocycles. The van der Waals surface area contributed by atoms with Crippen molar-refractivity contribution in [3.05, 3.63) is 47.3 Å². The lowest BCUT2D eigenvalue weighted by atomic mass is 9.97. The van der Waals surface area contributed by atoms with Crippen LogP contribution in [0.4, 0.5) is 5.69 Å². The molecule has 0 aliphatic carbocycles. The van der Waals surface area contributed by atoms with Gasteiger partial charge < -0.3 is 9.88 Å². The number of fused-ring (bicyclic) bond motifs is 1. The second kappa shape index (κ2) is 6.69. The van der Waals surface area contributed by atoms with Crippen LogP contribution in [0.5, 0.6) is 0 Å². The molecule has 0 saturated heterocycles. The van der Waals surface area contributed by atoms with Gasteiger partial charge in [0.1, 0.15) is 16.9 Å². The molecule has 0 saturated carbocycles. The molecule has 0 amide bonds. The minimum atomic E-state index is 0.0697. The van der Waals surface area contributed by atoms with Crippen LogP contribution in [-0.4, -0.2) is 19.5 Å². The second-order valence-corrected chi connectivity index (χ2v) is 7.48. The monoisotopic (exact) mass is 354 g/mol. The van der Waals surface area contributed by atoms with Gasteiger partial charge in [0.25, 0.3) is 0 Å². The third-order valence-electron chi connectivity index (χ3n) is 3.65. The highest BCUT2D eigenvalue weighted by Crippen LogP contribution is 2.25. The molecule has 0 aliphatic heterocycles. The van der Waals surface area contributed by atoms with E-state index in [0.29, 0.717) is 11.7 Å². The normalized spacial score (nSPS) is 11.5. The summed E-state index contributed by atoms with van der Waals surface area (Å²) in [6, 6.07) is 7.70. The lowest BCUT2D eigenvalue weighted by molar-refractivity contribution is 0.344. The van der Waals surface area contributed by atoms with Crippen LogP contribution in [0, 0.1) is 16.7 Å². The van der Waals surface area contributed by atoms with Gasteiger partial charge in [-0.2, -0.15) is 5.26 Å². The Hall–Kier alpha value is -2.65. The molecule has 0 aliphatic rings. The minimum Gasteiger partial charge on any atom is -0.378 e. The van der Waals surface area contributed by atoms with Crippen LogP contribution in [0.25, 0.3) is 11.0 Å². The number of pyridine rings is 1. The van der Waals surface area contributed by atoms with Crippen molar-refractivity contribution in [2.45, 2.75) is 33.9 Å². The van der Waals surface area contributed by atoms with E-state index in [9.17, 15) is 0 Å². The third-order valence-corrected chi connectivity index (χ3v) is 3.88. The van der Waals surface area contributed by atoms with Crippen molar-refractivity contribution in [2.24, 2.45) is 5.41 Å². The fourth-order valence-corrected chi connectivity index (χ4v) is 2.73. The molecule has 3 rings (SSSR count). The van der Waals surface area contributed by atoms with E-state index in [1.807, 2.05) is 12.1 Å². The quantitative estimate of drug-likeness (QED) is 0.716. The summed E-state index contributed by atoms with van der Waals surface area (Å²) in [4.78, 5) is 12.5. The molecule has 0 unspecified atom stereocenters. The van der Waals surface area contributed by atoms with Gasteiger partial charge in [-0.3, -0.25) is 0 Å². The highest BCUT2D eigenvalue weighted by Gasteiger charge is 2.18. The molecule has 0 fully saturated rings. The van der Waals surface area contributed by atoms with Gasteiger partial charge in [-0.1, -0.05) is 32.4 Å². The van der Waals surface area contributed by atoms with Crippen molar-refractivity contribution in [2.75, 3.05) is 5.32 Å². The van der Waals surface area contributed by atoms with E-state index in [1.165, 1.54) is 0 Å². The van der Waals surface area contributed by atoms with Gasteiger partial charge in [-0.25, -0.2) is 15.0 Å². The number of aromatic nitrogens is 4. The number of halogens is 1. The summed E-state index contributed by atoms with van der Waals surface area (Å²) in [5.74, 6) is 0.183. The van der Waals surface area contributed by atoms with Gasteiger partial charge in [0, 0.05) is 23.8 Å². The number of anilines is 1. The van der Waals surface area contributed by atoms with Crippen LogP contribution in [0.15, 0.2) is 30.6 Å². The Morgan fingerprint density at radius 3 is 2.68 bits per heavy atom. The molecule has 3 heterocycles. The molecular weight excluding hydrogens is 336 g/mol. The lowest BCUT2D eigenvalue weighted by Crippen LogP contribution is -2.19. The standard InChI is InChI=1S/C18H19ClN6/c1-18(2,3)11-25-14(10-21-13-4-5-15(19)22-9-13)6-12-8-23-16(7-20)24-17(12)25/h4-6,8-9,21H,10-11H2,1-3H3. The van der Waals surface area contributed by atoms with Gasteiger partial charge in [-0.05, 0) is 23.6 Å². The van der Waals surface area contributed by atoms with Crippen molar-refractivity contribution < 1.29 is 0 Å². The summed E-state index contributed by atoms with van der Waals surface area (Å²) in [5, 5.41) is 13.8. The van der Waals surface area contributed by atoms with E-state index in [0.717, 1.165) is 29.0 Å². The summed E-state index contributed by atoms with van der Waals surface area (Å²) >= 11 is 5.82. The van der Waals surface area contributed by atoms with Crippen molar-refractivity contribution in [1.82, 2.24) is 19.5 Å². The molecule has 6 nitrogen and oxygen atoms in total. The molecule has 3 aromatic rings. The molecule has 0 radical (unpaired) electrons. The largest absolute Gasteiger partial charge is 0.378 e. The average Bonchev–Trinajstić information content (AvgIpc) is 2.89. The first kappa shape index (κ1) is 17.2. The summed E-state index contributed by atoms with van der Waals surface area (Å²) in [6.07, 6.45) is 3.40. The highest BCUT2D eigenvalue weighted by molar-refractivity contribution is 6.29. The Balaban J connectivity index is 1.96. The Labute approximate surface area is 151 Å².